The van der Waals surface area contributed by atoms with E-state index < -0.39 is 0 Å². The van der Waals surface area contributed by atoms with Crippen LogP contribution in [0.4, 0.5) is 0 Å². The SMILES string of the molecule is CC1(C)CCN(Cc2cc(C(=O)NN)co2)CCS1. The van der Waals surface area contributed by atoms with Crippen molar-refractivity contribution in [3.05, 3.63) is 23.7 Å². The minimum absolute atomic E-state index is 0.317. The summed E-state index contributed by atoms with van der Waals surface area (Å²) in [5.41, 5.74) is 2.58. The number of amides is 1. The fourth-order valence-corrected chi connectivity index (χ4v) is 3.24. The molecule has 0 aliphatic carbocycles. The summed E-state index contributed by atoms with van der Waals surface area (Å²) in [5.74, 6) is 6.71. The molecule has 1 saturated heterocycles. The van der Waals surface area contributed by atoms with E-state index in [1.165, 1.54) is 6.26 Å². The molecule has 106 valence electrons. The van der Waals surface area contributed by atoms with E-state index in [0.717, 1.165) is 37.6 Å². The third-order valence-corrected chi connectivity index (χ3v) is 4.73. The minimum atomic E-state index is -0.317. The molecule has 1 aromatic heterocycles. The van der Waals surface area contributed by atoms with Gasteiger partial charge in [-0.05, 0) is 19.0 Å². The molecule has 0 bridgehead atoms. The molecule has 0 radical (unpaired) electrons. The van der Waals surface area contributed by atoms with Crippen LogP contribution in [0, 0.1) is 0 Å². The number of nitrogens with one attached hydrogen (secondary N) is 1. The highest BCUT2D eigenvalue weighted by Crippen LogP contribution is 2.31. The molecule has 1 aliphatic heterocycles. The van der Waals surface area contributed by atoms with Gasteiger partial charge in [-0.2, -0.15) is 11.8 Å². The Balaban J connectivity index is 1.94. The van der Waals surface area contributed by atoms with E-state index in [0.29, 0.717) is 10.3 Å². The Labute approximate surface area is 117 Å². The summed E-state index contributed by atoms with van der Waals surface area (Å²) in [6.07, 6.45) is 2.61. The van der Waals surface area contributed by atoms with Gasteiger partial charge in [0.1, 0.15) is 12.0 Å². The molecule has 2 rings (SSSR count). The van der Waals surface area contributed by atoms with Gasteiger partial charge in [0.2, 0.25) is 0 Å². The fraction of sp³-hybridized carbons (Fsp3) is 0.615. The number of nitrogen functional groups attached to an aromatic ring is 1. The van der Waals surface area contributed by atoms with Crippen LogP contribution in [0.2, 0.25) is 0 Å². The summed E-state index contributed by atoms with van der Waals surface area (Å²) in [6, 6.07) is 1.76. The topological polar surface area (TPSA) is 71.5 Å². The molecule has 1 aliphatic rings. The highest BCUT2D eigenvalue weighted by atomic mass is 32.2. The second-order valence-electron chi connectivity index (χ2n) is 5.41. The quantitative estimate of drug-likeness (QED) is 0.501. The van der Waals surface area contributed by atoms with Crippen molar-refractivity contribution in [1.82, 2.24) is 10.3 Å². The maximum atomic E-state index is 11.3. The summed E-state index contributed by atoms with van der Waals surface area (Å²) in [6.45, 7) is 7.43. The van der Waals surface area contributed by atoms with Crippen LogP contribution in [0.1, 0.15) is 36.4 Å². The van der Waals surface area contributed by atoms with Gasteiger partial charge in [0, 0.05) is 17.0 Å². The van der Waals surface area contributed by atoms with Gasteiger partial charge in [-0.15, -0.1) is 0 Å². The van der Waals surface area contributed by atoms with Gasteiger partial charge < -0.3 is 4.42 Å². The number of carbonyl (C=O) groups is 1. The number of nitrogens with two attached hydrogens (primary N) is 1. The van der Waals surface area contributed by atoms with Crippen LogP contribution < -0.4 is 11.3 Å². The molecule has 2 heterocycles. The summed E-state index contributed by atoms with van der Waals surface area (Å²) in [5, 5.41) is 0. The molecule has 0 spiro atoms. The number of rotatable bonds is 3. The maximum Gasteiger partial charge on any atom is 0.268 e. The van der Waals surface area contributed by atoms with E-state index in [-0.39, 0.29) is 5.91 Å². The van der Waals surface area contributed by atoms with E-state index >= 15 is 0 Å². The van der Waals surface area contributed by atoms with E-state index in [2.05, 4.69) is 24.2 Å². The fourth-order valence-electron chi connectivity index (χ4n) is 2.11. The van der Waals surface area contributed by atoms with Crippen molar-refractivity contribution in [2.45, 2.75) is 31.6 Å². The van der Waals surface area contributed by atoms with Gasteiger partial charge in [-0.25, -0.2) is 5.84 Å². The van der Waals surface area contributed by atoms with Crippen molar-refractivity contribution in [3.8, 4) is 0 Å². The standard InChI is InChI=1S/C13H21N3O2S/c1-13(2)3-4-16(5-6-19-13)8-11-7-10(9-18-11)12(17)15-14/h7,9H,3-6,8,14H2,1-2H3,(H,15,17). The molecule has 0 saturated carbocycles. The molecule has 0 unspecified atom stereocenters. The Morgan fingerprint density at radius 1 is 1.58 bits per heavy atom. The molecule has 0 aromatic carbocycles. The lowest BCUT2D eigenvalue weighted by Gasteiger charge is -2.21. The molecule has 3 N–H and O–H groups in total. The van der Waals surface area contributed by atoms with E-state index in [9.17, 15) is 4.79 Å². The van der Waals surface area contributed by atoms with Crippen molar-refractivity contribution >= 4 is 17.7 Å². The predicted octanol–water partition coefficient (Wildman–Crippen LogP) is 1.60. The molecule has 19 heavy (non-hydrogen) atoms. The molecular formula is C13H21N3O2S. The third-order valence-electron chi connectivity index (χ3n) is 3.36. The highest BCUT2D eigenvalue weighted by Gasteiger charge is 2.24. The number of hydrogen-bond acceptors (Lipinski definition) is 5. The first-order valence-corrected chi connectivity index (χ1v) is 7.43. The number of hydrogen-bond donors (Lipinski definition) is 2. The number of furan rings is 1. The first-order chi connectivity index (χ1) is 9.00. The predicted molar refractivity (Wildman–Crippen MR) is 76.8 cm³/mol. The average molecular weight is 283 g/mol. The Kier molecular flexibility index (Phi) is 4.54. The Morgan fingerprint density at radius 3 is 3.11 bits per heavy atom. The van der Waals surface area contributed by atoms with Crippen LogP contribution in [0.5, 0.6) is 0 Å². The van der Waals surface area contributed by atoms with Gasteiger partial charge in [0.25, 0.3) is 5.91 Å². The molecule has 1 amide bonds. The summed E-state index contributed by atoms with van der Waals surface area (Å²) in [7, 11) is 0. The second-order valence-corrected chi connectivity index (χ2v) is 7.21. The molecule has 6 heteroatoms. The first-order valence-electron chi connectivity index (χ1n) is 6.45. The molecular weight excluding hydrogens is 262 g/mol. The summed E-state index contributed by atoms with van der Waals surface area (Å²) >= 11 is 2.02. The minimum Gasteiger partial charge on any atom is -0.467 e. The van der Waals surface area contributed by atoms with Crippen LogP contribution >= 0.6 is 11.8 Å². The molecule has 0 atom stereocenters. The second kappa shape index (κ2) is 5.98. The lowest BCUT2D eigenvalue weighted by atomic mass is 10.1. The van der Waals surface area contributed by atoms with Gasteiger partial charge in [0.05, 0.1) is 12.1 Å². The van der Waals surface area contributed by atoms with Crippen LogP contribution in [0.3, 0.4) is 0 Å². The summed E-state index contributed by atoms with van der Waals surface area (Å²) in [4.78, 5) is 13.7. The molecule has 1 fully saturated rings. The van der Waals surface area contributed by atoms with Crippen LogP contribution in [0.25, 0.3) is 0 Å². The Hall–Kier alpha value is -0.980. The lowest BCUT2D eigenvalue weighted by molar-refractivity contribution is 0.0953. The molecule has 5 nitrogen and oxygen atoms in total. The van der Waals surface area contributed by atoms with Crippen LogP contribution in [-0.2, 0) is 6.54 Å². The Bertz CT molecular complexity index is 445. The zero-order valence-corrected chi connectivity index (χ0v) is 12.3. The number of hydrazine groups is 1. The third kappa shape index (κ3) is 3.99. The number of carbonyl (C=O) groups excluding carboxylic acids is 1. The Morgan fingerprint density at radius 2 is 2.37 bits per heavy atom. The van der Waals surface area contributed by atoms with E-state index in [4.69, 9.17) is 10.3 Å². The van der Waals surface area contributed by atoms with Gasteiger partial charge in [0.15, 0.2) is 0 Å². The average Bonchev–Trinajstić information content (AvgIpc) is 2.76. The van der Waals surface area contributed by atoms with Crippen molar-refractivity contribution in [2.24, 2.45) is 5.84 Å². The smallest absolute Gasteiger partial charge is 0.268 e. The zero-order valence-electron chi connectivity index (χ0n) is 11.4. The first kappa shape index (κ1) is 14.4. The van der Waals surface area contributed by atoms with Crippen molar-refractivity contribution in [2.75, 3.05) is 18.8 Å². The number of nitrogens with zero attached hydrogens (tertiary/aromatic N) is 1. The number of thioether (sulfide) groups is 1. The monoisotopic (exact) mass is 283 g/mol. The van der Waals surface area contributed by atoms with Crippen molar-refractivity contribution < 1.29 is 9.21 Å². The van der Waals surface area contributed by atoms with Crippen molar-refractivity contribution in [1.29, 1.82) is 0 Å². The summed E-state index contributed by atoms with van der Waals surface area (Å²) < 4.78 is 5.77. The van der Waals surface area contributed by atoms with Crippen LogP contribution in [-0.4, -0.2) is 34.4 Å². The zero-order chi connectivity index (χ0) is 13.9. The van der Waals surface area contributed by atoms with E-state index in [1.807, 2.05) is 11.8 Å². The van der Waals surface area contributed by atoms with Gasteiger partial charge >= 0.3 is 0 Å². The van der Waals surface area contributed by atoms with Crippen LogP contribution in [0.15, 0.2) is 16.7 Å². The van der Waals surface area contributed by atoms with E-state index in [1.54, 1.807) is 6.07 Å². The highest BCUT2D eigenvalue weighted by molar-refractivity contribution is 8.00. The van der Waals surface area contributed by atoms with Gasteiger partial charge in [-0.1, -0.05) is 13.8 Å². The maximum absolute atomic E-state index is 11.3. The van der Waals surface area contributed by atoms with Crippen molar-refractivity contribution in [3.63, 3.8) is 0 Å². The normalized spacial score (nSPS) is 19.9. The van der Waals surface area contributed by atoms with Gasteiger partial charge in [-0.3, -0.25) is 15.1 Å². The largest absolute Gasteiger partial charge is 0.467 e. The lowest BCUT2D eigenvalue weighted by Crippen LogP contribution is -2.29. The molecule has 1 aromatic rings.